The van der Waals surface area contributed by atoms with Crippen LogP contribution < -0.4 is 5.32 Å². The summed E-state index contributed by atoms with van der Waals surface area (Å²) < 4.78 is 0. The maximum absolute atomic E-state index is 3.14. The maximum atomic E-state index is 3.14. The van der Waals surface area contributed by atoms with Gasteiger partial charge in [0.15, 0.2) is 0 Å². The first-order valence-electron chi connectivity index (χ1n) is 4.11. The van der Waals surface area contributed by atoms with Gasteiger partial charge in [0.1, 0.15) is 0 Å². The minimum absolute atomic E-state index is 0.743. The van der Waals surface area contributed by atoms with Gasteiger partial charge in [0.25, 0.3) is 0 Å². The first-order chi connectivity index (χ1) is 4.76. The van der Waals surface area contributed by atoms with Crippen molar-refractivity contribution in [1.82, 2.24) is 10.2 Å². The molecule has 0 saturated heterocycles. The van der Waals surface area contributed by atoms with E-state index in [-0.39, 0.29) is 0 Å². The topological polar surface area (TPSA) is 15.3 Å². The summed E-state index contributed by atoms with van der Waals surface area (Å²) >= 11 is 0. The fourth-order valence-electron chi connectivity index (χ4n) is 1.29. The quantitative estimate of drug-likeness (QED) is 0.585. The van der Waals surface area contributed by atoms with Gasteiger partial charge in [-0.2, -0.15) is 0 Å². The molecule has 1 N–H and O–H groups in total. The summed E-state index contributed by atoms with van der Waals surface area (Å²) in [4.78, 5) is 2.35. The smallest absolute Gasteiger partial charge is 0.0477 e. The molecule has 0 amide bonds. The fraction of sp³-hybridized carbons (Fsp3) is 1.00. The Balaban J connectivity index is 3.53. The summed E-state index contributed by atoms with van der Waals surface area (Å²) in [6.45, 7) is 5.47. The zero-order chi connectivity index (χ0) is 7.98. The standard InChI is InChI=1S/C8H20N2/c1-5-8(6-2)10(4)7-9-3/h8-9H,5-7H2,1-4H3. The average Bonchev–Trinajstić information content (AvgIpc) is 1.91. The molecule has 0 radical (unpaired) electrons. The molecule has 62 valence electrons. The van der Waals surface area contributed by atoms with Crippen LogP contribution in [0.1, 0.15) is 26.7 Å². The SMILES string of the molecule is CCC(CC)N(C)CNC. The molecular formula is C8H20N2. The lowest BCUT2D eigenvalue weighted by atomic mass is 10.1. The zero-order valence-electron chi connectivity index (χ0n) is 7.65. The van der Waals surface area contributed by atoms with Crippen LogP contribution in [0.15, 0.2) is 0 Å². The van der Waals surface area contributed by atoms with Crippen LogP contribution >= 0.6 is 0 Å². The van der Waals surface area contributed by atoms with Crippen LogP contribution in [0.3, 0.4) is 0 Å². The van der Waals surface area contributed by atoms with Crippen LogP contribution in [0, 0.1) is 0 Å². The maximum Gasteiger partial charge on any atom is 0.0477 e. The highest BCUT2D eigenvalue weighted by atomic mass is 15.2. The molecule has 0 spiro atoms. The van der Waals surface area contributed by atoms with Gasteiger partial charge in [-0.1, -0.05) is 13.8 Å². The summed E-state index contributed by atoms with van der Waals surface area (Å²) in [7, 11) is 4.15. The van der Waals surface area contributed by atoms with Gasteiger partial charge in [-0.05, 0) is 26.9 Å². The first kappa shape index (κ1) is 9.92. The molecule has 2 heteroatoms. The number of hydrogen-bond donors (Lipinski definition) is 1. The third kappa shape index (κ3) is 3.18. The summed E-state index contributed by atoms with van der Waals surface area (Å²) in [5, 5.41) is 3.14. The Hall–Kier alpha value is -0.0800. The van der Waals surface area contributed by atoms with Gasteiger partial charge in [0.2, 0.25) is 0 Å². The molecule has 10 heavy (non-hydrogen) atoms. The predicted octanol–water partition coefficient (Wildman–Crippen LogP) is 1.28. The van der Waals surface area contributed by atoms with Crippen LogP contribution in [0.5, 0.6) is 0 Å². The average molecular weight is 144 g/mol. The third-order valence-corrected chi connectivity index (χ3v) is 1.97. The van der Waals surface area contributed by atoms with Crippen LogP contribution in [-0.2, 0) is 0 Å². The van der Waals surface area contributed by atoms with Crippen molar-refractivity contribution in [1.29, 1.82) is 0 Å². The van der Waals surface area contributed by atoms with E-state index in [0.29, 0.717) is 0 Å². The van der Waals surface area contributed by atoms with Crippen LogP contribution in [0.2, 0.25) is 0 Å². The molecule has 0 aromatic rings. The fourth-order valence-corrected chi connectivity index (χ4v) is 1.29. The number of nitrogens with one attached hydrogen (secondary N) is 1. The molecule has 0 fully saturated rings. The van der Waals surface area contributed by atoms with E-state index in [1.54, 1.807) is 0 Å². The van der Waals surface area contributed by atoms with Gasteiger partial charge >= 0.3 is 0 Å². The van der Waals surface area contributed by atoms with Crippen molar-refractivity contribution in [3.05, 3.63) is 0 Å². The number of hydrogen-bond acceptors (Lipinski definition) is 2. The Labute approximate surface area is 64.6 Å². The highest BCUT2D eigenvalue weighted by molar-refractivity contribution is 4.62. The second kappa shape index (κ2) is 5.69. The molecule has 0 atom stereocenters. The van der Waals surface area contributed by atoms with Crippen molar-refractivity contribution in [2.75, 3.05) is 20.8 Å². The summed E-state index contributed by atoms with van der Waals surface area (Å²) in [6.07, 6.45) is 2.49. The monoisotopic (exact) mass is 144 g/mol. The summed E-state index contributed by atoms with van der Waals surface area (Å²) in [6, 6.07) is 0.743. The Morgan fingerprint density at radius 1 is 1.30 bits per heavy atom. The minimum atomic E-state index is 0.743. The van der Waals surface area contributed by atoms with E-state index >= 15 is 0 Å². The van der Waals surface area contributed by atoms with Gasteiger partial charge in [-0.15, -0.1) is 0 Å². The van der Waals surface area contributed by atoms with E-state index in [4.69, 9.17) is 0 Å². The van der Waals surface area contributed by atoms with Gasteiger partial charge in [0, 0.05) is 12.7 Å². The Bertz CT molecular complexity index is 69.7. The van der Waals surface area contributed by atoms with Crippen LogP contribution in [0.4, 0.5) is 0 Å². The van der Waals surface area contributed by atoms with E-state index in [1.807, 2.05) is 7.05 Å². The molecule has 0 rings (SSSR count). The molecule has 0 aliphatic rings. The summed E-state index contributed by atoms with van der Waals surface area (Å²) in [5.41, 5.74) is 0. The molecule has 0 saturated carbocycles. The van der Waals surface area contributed by atoms with Gasteiger partial charge in [-0.25, -0.2) is 0 Å². The number of nitrogens with zero attached hydrogens (tertiary/aromatic N) is 1. The largest absolute Gasteiger partial charge is 0.307 e. The van der Waals surface area contributed by atoms with Gasteiger partial charge in [-0.3, -0.25) is 4.90 Å². The highest BCUT2D eigenvalue weighted by Gasteiger charge is 2.07. The Kier molecular flexibility index (Phi) is 5.64. The molecular weight excluding hydrogens is 124 g/mol. The molecule has 0 aromatic carbocycles. The summed E-state index contributed by atoms with van der Waals surface area (Å²) in [5.74, 6) is 0. The second-order valence-corrected chi connectivity index (χ2v) is 2.74. The molecule has 0 bridgehead atoms. The van der Waals surface area contributed by atoms with Crippen molar-refractivity contribution in [2.24, 2.45) is 0 Å². The highest BCUT2D eigenvalue weighted by Crippen LogP contribution is 2.03. The Morgan fingerprint density at radius 2 is 1.80 bits per heavy atom. The minimum Gasteiger partial charge on any atom is -0.307 e. The van der Waals surface area contributed by atoms with Crippen molar-refractivity contribution >= 4 is 0 Å². The van der Waals surface area contributed by atoms with Crippen molar-refractivity contribution < 1.29 is 0 Å². The molecule has 0 heterocycles. The molecule has 0 unspecified atom stereocenters. The normalized spacial score (nSPS) is 11.4. The Morgan fingerprint density at radius 3 is 2.10 bits per heavy atom. The van der Waals surface area contributed by atoms with Crippen LogP contribution in [0.25, 0.3) is 0 Å². The zero-order valence-corrected chi connectivity index (χ0v) is 7.65. The van der Waals surface area contributed by atoms with E-state index in [9.17, 15) is 0 Å². The van der Waals surface area contributed by atoms with Crippen molar-refractivity contribution in [3.63, 3.8) is 0 Å². The van der Waals surface area contributed by atoms with Crippen molar-refractivity contribution in [2.45, 2.75) is 32.7 Å². The van der Waals surface area contributed by atoms with E-state index in [1.165, 1.54) is 12.8 Å². The van der Waals surface area contributed by atoms with E-state index < -0.39 is 0 Å². The molecule has 2 nitrogen and oxygen atoms in total. The first-order valence-corrected chi connectivity index (χ1v) is 4.11. The predicted molar refractivity (Wildman–Crippen MR) is 46.1 cm³/mol. The van der Waals surface area contributed by atoms with Gasteiger partial charge in [0.05, 0.1) is 0 Å². The lowest BCUT2D eigenvalue weighted by Crippen LogP contribution is -2.36. The molecule has 0 aliphatic carbocycles. The van der Waals surface area contributed by atoms with Gasteiger partial charge < -0.3 is 5.32 Å². The lowest BCUT2D eigenvalue weighted by molar-refractivity contribution is 0.219. The van der Waals surface area contributed by atoms with E-state index in [2.05, 4.69) is 31.1 Å². The number of rotatable bonds is 5. The lowest BCUT2D eigenvalue weighted by Gasteiger charge is -2.25. The van der Waals surface area contributed by atoms with Crippen molar-refractivity contribution in [3.8, 4) is 0 Å². The van der Waals surface area contributed by atoms with E-state index in [0.717, 1.165) is 12.7 Å². The molecule has 0 aromatic heterocycles. The molecule has 0 aliphatic heterocycles. The third-order valence-electron chi connectivity index (χ3n) is 1.97. The van der Waals surface area contributed by atoms with Crippen LogP contribution in [-0.4, -0.2) is 31.7 Å². The second-order valence-electron chi connectivity index (χ2n) is 2.74.